The molecule has 0 spiro atoms. The largest absolute Gasteiger partial charge is 0.394 e. The summed E-state index contributed by atoms with van der Waals surface area (Å²) in [6.07, 6.45) is 3.33. The van der Waals surface area contributed by atoms with Gasteiger partial charge in [0.25, 0.3) is 0 Å². The SMILES string of the molecule is [B]1N(c2cccnn2)CCN1c1cccnn1. The maximum absolute atomic E-state index is 4.07. The van der Waals surface area contributed by atoms with Gasteiger partial charge in [0.15, 0.2) is 0 Å². The van der Waals surface area contributed by atoms with Crippen LogP contribution >= 0.6 is 0 Å². The van der Waals surface area contributed by atoms with Crippen molar-refractivity contribution in [3.63, 3.8) is 0 Å². The van der Waals surface area contributed by atoms with E-state index < -0.39 is 0 Å². The summed E-state index contributed by atoms with van der Waals surface area (Å²) in [6.45, 7) is 1.74. The van der Waals surface area contributed by atoms with E-state index in [1.54, 1.807) is 12.4 Å². The van der Waals surface area contributed by atoms with E-state index in [4.69, 9.17) is 0 Å². The lowest BCUT2D eigenvalue weighted by Crippen LogP contribution is -2.30. The molecule has 0 aliphatic carbocycles. The zero-order chi connectivity index (χ0) is 11.5. The third-order valence-electron chi connectivity index (χ3n) is 2.57. The van der Waals surface area contributed by atoms with Gasteiger partial charge in [-0.1, -0.05) is 0 Å². The van der Waals surface area contributed by atoms with Gasteiger partial charge in [0.1, 0.15) is 11.6 Å². The Labute approximate surface area is 99.6 Å². The number of hydrogen-bond acceptors (Lipinski definition) is 6. The van der Waals surface area contributed by atoms with Crippen molar-refractivity contribution in [2.75, 3.05) is 22.7 Å². The van der Waals surface area contributed by atoms with Gasteiger partial charge in [-0.2, -0.15) is 10.2 Å². The molecule has 0 aromatic carbocycles. The van der Waals surface area contributed by atoms with Crippen molar-refractivity contribution in [3.05, 3.63) is 36.7 Å². The summed E-state index contributed by atoms with van der Waals surface area (Å²) < 4.78 is 0. The standard InChI is InChI=1S/C10H10BN6/c1-3-9(14-12-5-1)16-7-8-17(11-16)10-4-2-6-13-15-10/h1-6H,7-8H2. The Kier molecular flexibility index (Phi) is 2.57. The third kappa shape index (κ3) is 2.03. The molecular formula is C10H10BN6. The molecule has 0 saturated carbocycles. The molecule has 6 nitrogen and oxygen atoms in total. The minimum atomic E-state index is 0.846. The van der Waals surface area contributed by atoms with Gasteiger partial charge in [-0.05, 0) is 24.3 Å². The number of aromatic nitrogens is 4. The topological polar surface area (TPSA) is 58.0 Å². The molecule has 1 radical (unpaired) electrons. The predicted molar refractivity (Wildman–Crippen MR) is 64.5 cm³/mol. The average Bonchev–Trinajstić information content (AvgIpc) is 2.90. The van der Waals surface area contributed by atoms with Gasteiger partial charge in [0.05, 0.1) is 0 Å². The van der Waals surface area contributed by atoms with Crippen molar-refractivity contribution in [2.45, 2.75) is 0 Å². The van der Waals surface area contributed by atoms with E-state index >= 15 is 0 Å². The molecule has 2 aromatic rings. The average molecular weight is 225 g/mol. The van der Waals surface area contributed by atoms with Gasteiger partial charge < -0.3 is 9.62 Å². The Morgan fingerprint density at radius 2 is 1.41 bits per heavy atom. The molecule has 0 atom stereocenters. The molecule has 0 bridgehead atoms. The number of hydrogen-bond donors (Lipinski definition) is 0. The van der Waals surface area contributed by atoms with Crippen LogP contribution in [0.25, 0.3) is 0 Å². The maximum Gasteiger partial charge on any atom is 0.394 e. The van der Waals surface area contributed by atoms with Crippen LogP contribution < -0.4 is 9.62 Å². The quantitative estimate of drug-likeness (QED) is 0.677. The molecule has 83 valence electrons. The second kappa shape index (κ2) is 4.36. The third-order valence-corrected chi connectivity index (χ3v) is 2.57. The lowest BCUT2D eigenvalue weighted by atomic mass is 10.1. The second-order valence-corrected chi connectivity index (χ2v) is 3.67. The number of nitrogens with zero attached hydrogens (tertiary/aromatic N) is 6. The van der Waals surface area contributed by atoms with Crippen LogP contribution in [0.4, 0.5) is 11.6 Å². The fraction of sp³-hybridized carbons (Fsp3) is 0.200. The van der Waals surface area contributed by atoms with Crippen molar-refractivity contribution in [1.29, 1.82) is 0 Å². The van der Waals surface area contributed by atoms with Crippen molar-refractivity contribution in [3.8, 4) is 0 Å². The summed E-state index contributed by atoms with van der Waals surface area (Å²) >= 11 is 0. The Morgan fingerprint density at radius 3 is 1.82 bits per heavy atom. The summed E-state index contributed by atoms with van der Waals surface area (Å²) in [7, 11) is 1.98. The summed E-state index contributed by atoms with van der Waals surface area (Å²) in [6, 6.07) is 7.62. The van der Waals surface area contributed by atoms with E-state index in [1.807, 2.05) is 41.4 Å². The van der Waals surface area contributed by atoms with E-state index in [0.29, 0.717) is 0 Å². The first-order valence-electron chi connectivity index (χ1n) is 5.37. The highest BCUT2D eigenvalue weighted by Crippen LogP contribution is 2.16. The number of anilines is 2. The van der Waals surface area contributed by atoms with Gasteiger partial charge in [0, 0.05) is 25.5 Å². The van der Waals surface area contributed by atoms with E-state index in [0.717, 1.165) is 24.7 Å². The smallest absolute Gasteiger partial charge is 0.380 e. The molecule has 2 aromatic heterocycles. The first kappa shape index (κ1) is 10.0. The Bertz CT molecular complexity index is 433. The van der Waals surface area contributed by atoms with Gasteiger partial charge in [-0.3, -0.25) is 0 Å². The van der Waals surface area contributed by atoms with Gasteiger partial charge in [-0.15, -0.1) is 10.2 Å². The van der Waals surface area contributed by atoms with Crippen LogP contribution in [0.5, 0.6) is 0 Å². The van der Waals surface area contributed by atoms with E-state index in [-0.39, 0.29) is 0 Å². The molecule has 1 aliphatic rings. The molecule has 1 fully saturated rings. The van der Waals surface area contributed by atoms with Gasteiger partial charge >= 0.3 is 7.55 Å². The highest BCUT2D eigenvalue weighted by atomic mass is 15.3. The zero-order valence-corrected chi connectivity index (χ0v) is 9.14. The minimum absolute atomic E-state index is 0.846. The number of rotatable bonds is 2. The van der Waals surface area contributed by atoms with Crippen molar-refractivity contribution < 1.29 is 0 Å². The Balaban J connectivity index is 1.75. The molecule has 17 heavy (non-hydrogen) atoms. The molecule has 3 rings (SSSR count). The zero-order valence-electron chi connectivity index (χ0n) is 9.14. The fourth-order valence-electron chi connectivity index (χ4n) is 1.74. The van der Waals surface area contributed by atoms with Crippen LogP contribution in [0.1, 0.15) is 0 Å². The molecule has 1 aliphatic heterocycles. The summed E-state index contributed by atoms with van der Waals surface area (Å²) in [4.78, 5) is 4.09. The maximum atomic E-state index is 4.07. The van der Waals surface area contributed by atoms with Crippen LogP contribution in [0.15, 0.2) is 36.7 Å². The minimum Gasteiger partial charge on any atom is -0.380 e. The first-order chi connectivity index (χ1) is 8.43. The van der Waals surface area contributed by atoms with Crippen molar-refractivity contribution in [1.82, 2.24) is 20.4 Å². The lowest BCUT2D eigenvalue weighted by molar-refractivity contribution is 0.938. The van der Waals surface area contributed by atoms with Crippen molar-refractivity contribution in [2.24, 2.45) is 0 Å². The lowest BCUT2D eigenvalue weighted by Gasteiger charge is -2.16. The van der Waals surface area contributed by atoms with E-state index in [1.165, 1.54) is 0 Å². The molecule has 3 heterocycles. The summed E-state index contributed by atoms with van der Waals surface area (Å²) in [5.41, 5.74) is 0. The van der Waals surface area contributed by atoms with Crippen LogP contribution in [0.2, 0.25) is 0 Å². The fourth-order valence-corrected chi connectivity index (χ4v) is 1.74. The highest BCUT2D eigenvalue weighted by Gasteiger charge is 2.25. The first-order valence-corrected chi connectivity index (χ1v) is 5.37. The predicted octanol–water partition coefficient (Wildman–Crippen LogP) is 0.127. The molecule has 0 amide bonds. The van der Waals surface area contributed by atoms with Crippen molar-refractivity contribution >= 4 is 19.2 Å². The van der Waals surface area contributed by atoms with Crippen LogP contribution in [0.3, 0.4) is 0 Å². The van der Waals surface area contributed by atoms with Gasteiger partial charge in [0.2, 0.25) is 0 Å². The van der Waals surface area contributed by atoms with Crippen LogP contribution in [-0.2, 0) is 0 Å². The normalized spacial score (nSPS) is 14.8. The molecule has 1 saturated heterocycles. The Morgan fingerprint density at radius 1 is 0.882 bits per heavy atom. The Hall–Kier alpha value is -2.18. The molecule has 7 heteroatoms. The van der Waals surface area contributed by atoms with E-state index in [2.05, 4.69) is 20.4 Å². The van der Waals surface area contributed by atoms with Crippen LogP contribution in [0, 0.1) is 0 Å². The second-order valence-electron chi connectivity index (χ2n) is 3.67. The highest BCUT2D eigenvalue weighted by molar-refractivity contribution is 6.47. The summed E-state index contributed by atoms with van der Waals surface area (Å²) in [5, 5.41) is 15.9. The molecular weight excluding hydrogens is 215 g/mol. The van der Waals surface area contributed by atoms with Crippen LogP contribution in [-0.4, -0.2) is 41.0 Å². The van der Waals surface area contributed by atoms with E-state index in [9.17, 15) is 0 Å². The molecule has 0 unspecified atom stereocenters. The monoisotopic (exact) mass is 225 g/mol. The summed E-state index contributed by atoms with van der Waals surface area (Å²) in [5.74, 6) is 1.69. The molecule has 0 N–H and O–H groups in total. The van der Waals surface area contributed by atoms with Gasteiger partial charge in [-0.25, -0.2) is 0 Å².